The molecule has 0 aliphatic rings. The number of carbonyl (C=O) groups is 1. The summed E-state index contributed by atoms with van der Waals surface area (Å²) in [6.07, 6.45) is 3.92. The van der Waals surface area contributed by atoms with Crippen LogP contribution < -0.4 is 10.6 Å². The van der Waals surface area contributed by atoms with E-state index in [4.69, 9.17) is 0 Å². The molecular weight excluding hydrogens is 240 g/mol. The molecule has 1 unspecified atom stereocenters. The quantitative estimate of drug-likeness (QED) is 0.786. The Balaban J connectivity index is 2.44. The molecule has 0 bridgehead atoms. The van der Waals surface area contributed by atoms with Crippen molar-refractivity contribution in [2.45, 2.75) is 59.2 Å². The van der Waals surface area contributed by atoms with Crippen LogP contribution in [0.1, 0.15) is 44.9 Å². The molecule has 0 saturated carbocycles. The molecule has 0 saturated heterocycles. The number of nitrogens with one attached hydrogen (secondary N) is 2. The number of aromatic nitrogens is 2. The van der Waals surface area contributed by atoms with E-state index in [9.17, 15) is 4.79 Å². The van der Waals surface area contributed by atoms with Gasteiger partial charge in [0.05, 0.1) is 11.7 Å². The van der Waals surface area contributed by atoms with Gasteiger partial charge in [0.2, 0.25) is 5.91 Å². The van der Waals surface area contributed by atoms with Crippen LogP contribution in [0, 0.1) is 6.92 Å². The summed E-state index contributed by atoms with van der Waals surface area (Å²) in [5.74, 6) is 0.0650. The number of amides is 1. The number of nitrogens with zero attached hydrogens (tertiary/aromatic N) is 2. The zero-order valence-electron chi connectivity index (χ0n) is 12.7. The maximum absolute atomic E-state index is 12.0. The second-order valence-electron chi connectivity index (χ2n) is 5.04. The fraction of sp³-hybridized carbons (Fsp3) is 0.714. The van der Waals surface area contributed by atoms with Gasteiger partial charge in [0.15, 0.2) is 0 Å². The Kier molecular flexibility index (Phi) is 6.02. The Bertz CT molecular complexity index is 410. The van der Waals surface area contributed by atoms with Gasteiger partial charge in [0.25, 0.3) is 0 Å². The number of hydrogen-bond donors (Lipinski definition) is 2. The monoisotopic (exact) mass is 266 g/mol. The third kappa shape index (κ3) is 4.67. The highest BCUT2D eigenvalue weighted by atomic mass is 16.2. The van der Waals surface area contributed by atoms with E-state index in [0.717, 1.165) is 24.1 Å². The minimum Gasteiger partial charge on any atom is -0.352 e. The molecule has 0 radical (unpaired) electrons. The van der Waals surface area contributed by atoms with E-state index in [1.165, 1.54) is 0 Å². The first-order valence-corrected chi connectivity index (χ1v) is 7.00. The average molecular weight is 266 g/mol. The molecule has 1 aromatic heterocycles. The van der Waals surface area contributed by atoms with Crippen molar-refractivity contribution < 1.29 is 4.79 Å². The molecule has 108 valence electrons. The van der Waals surface area contributed by atoms with E-state index in [1.54, 1.807) is 4.68 Å². The SMILES string of the molecule is CCC(CC)NC(=O)C(C)NCc1cn(C)nc1C. The molecule has 0 aliphatic carbocycles. The lowest BCUT2D eigenvalue weighted by Gasteiger charge is -2.19. The second-order valence-corrected chi connectivity index (χ2v) is 5.04. The first-order valence-electron chi connectivity index (χ1n) is 7.00. The molecule has 0 spiro atoms. The van der Waals surface area contributed by atoms with Crippen LogP contribution in [0.5, 0.6) is 0 Å². The van der Waals surface area contributed by atoms with Crippen LogP contribution in [-0.2, 0) is 18.4 Å². The lowest BCUT2D eigenvalue weighted by Crippen LogP contribution is -2.45. The normalized spacial score (nSPS) is 12.7. The van der Waals surface area contributed by atoms with Gasteiger partial charge >= 0.3 is 0 Å². The number of carbonyl (C=O) groups excluding carboxylic acids is 1. The van der Waals surface area contributed by atoms with Crippen LogP contribution in [0.2, 0.25) is 0 Å². The first-order chi connectivity index (χ1) is 8.97. The van der Waals surface area contributed by atoms with Gasteiger partial charge in [-0.1, -0.05) is 13.8 Å². The van der Waals surface area contributed by atoms with Crippen LogP contribution in [0.3, 0.4) is 0 Å². The van der Waals surface area contributed by atoms with Crippen molar-refractivity contribution in [2.24, 2.45) is 7.05 Å². The zero-order valence-corrected chi connectivity index (χ0v) is 12.7. The summed E-state index contributed by atoms with van der Waals surface area (Å²) in [7, 11) is 1.90. The summed E-state index contributed by atoms with van der Waals surface area (Å²) in [6, 6.07) is 0.0806. The van der Waals surface area contributed by atoms with Gasteiger partial charge in [-0.2, -0.15) is 5.10 Å². The minimum atomic E-state index is -0.194. The van der Waals surface area contributed by atoms with Crippen molar-refractivity contribution in [1.82, 2.24) is 20.4 Å². The van der Waals surface area contributed by atoms with E-state index >= 15 is 0 Å². The number of hydrogen-bond acceptors (Lipinski definition) is 3. The fourth-order valence-electron chi connectivity index (χ4n) is 2.00. The van der Waals surface area contributed by atoms with Gasteiger partial charge in [-0.25, -0.2) is 0 Å². The van der Waals surface area contributed by atoms with E-state index < -0.39 is 0 Å². The number of aryl methyl sites for hydroxylation is 2. The summed E-state index contributed by atoms with van der Waals surface area (Å²) >= 11 is 0. The smallest absolute Gasteiger partial charge is 0.237 e. The van der Waals surface area contributed by atoms with Crippen LogP contribution in [-0.4, -0.2) is 27.8 Å². The van der Waals surface area contributed by atoms with E-state index in [1.807, 2.05) is 27.1 Å². The van der Waals surface area contributed by atoms with Gasteiger partial charge in [-0.05, 0) is 26.7 Å². The van der Waals surface area contributed by atoms with Crippen molar-refractivity contribution in [2.75, 3.05) is 0 Å². The molecule has 1 rings (SSSR count). The highest BCUT2D eigenvalue weighted by Gasteiger charge is 2.15. The van der Waals surface area contributed by atoms with Gasteiger partial charge in [0.1, 0.15) is 0 Å². The van der Waals surface area contributed by atoms with Crippen LogP contribution in [0.4, 0.5) is 0 Å². The third-order valence-corrected chi connectivity index (χ3v) is 3.44. The molecule has 5 nitrogen and oxygen atoms in total. The Hall–Kier alpha value is -1.36. The summed E-state index contributed by atoms with van der Waals surface area (Å²) in [4.78, 5) is 12.0. The standard InChI is InChI=1S/C14H26N4O/c1-6-13(7-2)16-14(19)11(4)15-8-12-9-18(5)17-10(12)3/h9,11,13,15H,6-8H2,1-5H3,(H,16,19). The lowest BCUT2D eigenvalue weighted by molar-refractivity contribution is -0.123. The summed E-state index contributed by atoms with van der Waals surface area (Å²) in [5.41, 5.74) is 2.13. The van der Waals surface area contributed by atoms with Crippen molar-refractivity contribution in [1.29, 1.82) is 0 Å². The van der Waals surface area contributed by atoms with Gasteiger partial charge in [-0.15, -0.1) is 0 Å². The summed E-state index contributed by atoms with van der Waals surface area (Å²) in [5, 5.41) is 10.6. The Morgan fingerprint density at radius 2 is 2.05 bits per heavy atom. The average Bonchev–Trinajstić information content (AvgIpc) is 2.71. The zero-order chi connectivity index (χ0) is 14.4. The Labute approximate surface area is 115 Å². The molecule has 2 N–H and O–H groups in total. The molecule has 5 heteroatoms. The predicted octanol–water partition coefficient (Wildman–Crippen LogP) is 1.51. The van der Waals surface area contributed by atoms with Gasteiger partial charge < -0.3 is 10.6 Å². The van der Waals surface area contributed by atoms with E-state index in [-0.39, 0.29) is 18.0 Å². The van der Waals surface area contributed by atoms with Gasteiger partial charge in [0, 0.05) is 31.4 Å². The predicted molar refractivity (Wildman–Crippen MR) is 76.8 cm³/mol. The van der Waals surface area contributed by atoms with E-state index in [2.05, 4.69) is 29.6 Å². The second kappa shape index (κ2) is 7.28. The maximum atomic E-state index is 12.0. The first kappa shape index (κ1) is 15.7. The molecule has 1 heterocycles. The molecule has 1 amide bonds. The number of rotatable bonds is 7. The van der Waals surface area contributed by atoms with E-state index in [0.29, 0.717) is 6.54 Å². The summed E-state index contributed by atoms with van der Waals surface area (Å²) in [6.45, 7) is 8.71. The van der Waals surface area contributed by atoms with Crippen molar-refractivity contribution in [3.63, 3.8) is 0 Å². The van der Waals surface area contributed by atoms with Crippen LogP contribution in [0.25, 0.3) is 0 Å². The Morgan fingerprint density at radius 1 is 1.42 bits per heavy atom. The highest BCUT2D eigenvalue weighted by molar-refractivity contribution is 5.81. The molecule has 1 atom stereocenters. The third-order valence-electron chi connectivity index (χ3n) is 3.44. The fourth-order valence-corrected chi connectivity index (χ4v) is 2.00. The molecule has 1 aromatic rings. The van der Waals surface area contributed by atoms with Gasteiger partial charge in [-0.3, -0.25) is 9.48 Å². The van der Waals surface area contributed by atoms with Crippen molar-refractivity contribution in [3.05, 3.63) is 17.5 Å². The van der Waals surface area contributed by atoms with Crippen LogP contribution in [0.15, 0.2) is 6.20 Å². The molecule has 19 heavy (non-hydrogen) atoms. The molecule has 0 aromatic carbocycles. The lowest BCUT2D eigenvalue weighted by atomic mass is 10.1. The maximum Gasteiger partial charge on any atom is 0.237 e. The topological polar surface area (TPSA) is 59.0 Å². The summed E-state index contributed by atoms with van der Waals surface area (Å²) < 4.78 is 1.79. The highest BCUT2D eigenvalue weighted by Crippen LogP contribution is 2.04. The molecule has 0 aliphatic heterocycles. The van der Waals surface area contributed by atoms with Crippen molar-refractivity contribution >= 4 is 5.91 Å². The largest absolute Gasteiger partial charge is 0.352 e. The van der Waals surface area contributed by atoms with Crippen molar-refractivity contribution in [3.8, 4) is 0 Å². The Morgan fingerprint density at radius 3 is 2.53 bits per heavy atom. The molecular formula is C14H26N4O. The molecule has 0 fully saturated rings. The minimum absolute atomic E-state index is 0.0650. The van der Waals surface area contributed by atoms with Crippen LogP contribution >= 0.6 is 0 Å².